The molecule has 0 aromatic heterocycles. The fourth-order valence-electron chi connectivity index (χ4n) is 3.92. The van der Waals surface area contributed by atoms with Gasteiger partial charge in [-0.05, 0) is 72.5 Å². The van der Waals surface area contributed by atoms with Crippen molar-refractivity contribution in [3.05, 3.63) is 95.1 Å². The van der Waals surface area contributed by atoms with Gasteiger partial charge in [0.2, 0.25) is 5.91 Å². The molecule has 176 valence electrons. The highest BCUT2D eigenvalue weighted by molar-refractivity contribution is 6.04. The Hall–Kier alpha value is -3.74. The Morgan fingerprint density at radius 3 is 2.26 bits per heavy atom. The van der Waals surface area contributed by atoms with Gasteiger partial charge in [0.15, 0.2) is 0 Å². The van der Waals surface area contributed by atoms with E-state index in [1.807, 2.05) is 31.1 Å². The third kappa shape index (κ3) is 5.78. The van der Waals surface area contributed by atoms with E-state index < -0.39 is 11.7 Å². The molecule has 0 aliphatic heterocycles. The van der Waals surface area contributed by atoms with Crippen molar-refractivity contribution >= 4 is 23.2 Å². The first kappa shape index (κ1) is 23.4. The van der Waals surface area contributed by atoms with Crippen LogP contribution in [-0.2, 0) is 17.9 Å². The van der Waals surface area contributed by atoms with E-state index in [0.717, 1.165) is 29.7 Å². The van der Waals surface area contributed by atoms with Gasteiger partial charge in [0, 0.05) is 50.0 Å². The molecule has 2 amide bonds. The lowest BCUT2D eigenvalue weighted by Gasteiger charge is -2.26. The molecule has 5 nitrogen and oxygen atoms in total. The number of nitrogens with one attached hydrogen (secondary N) is 1. The summed E-state index contributed by atoms with van der Waals surface area (Å²) in [4.78, 5) is 29.4. The van der Waals surface area contributed by atoms with E-state index in [4.69, 9.17) is 0 Å². The molecule has 7 heteroatoms. The average Bonchev–Trinajstić information content (AvgIpc) is 3.64. The summed E-state index contributed by atoms with van der Waals surface area (Å²) >= 11 is 0. The van der Waals surface area contributed by atoms with Crippen LogP contribution in [0.3, 0.4) is 0 Å². The molecular weight excluding hydrogens is 436 g/mol. The standard InChI is InChI=1S/C27H27F2N3O2/c1-31(2)25-12-11-24(30-26(33)20-6-4-8-23(29)14-20)15-21(25)17-32(27(34)19-9-10-19)16-18-5-3-7-22(28)13-18/h3-8,11-15,19H,9-10,16-17H2,1-2H3,(H,30,33). The molecule has 3 aromatic carbocycles. The van der Waals surface area contributed by atoms with Crippen molar-refractivity contribution in [3.8, 4) is 0 Å². The van der Waals surface area contributed by atoms with E-state index in [0.29, 0.717) is 18.8 Å². The number of hydrogen-bond acceptors (Lipinski definition) is 3. The summed E-state index contributed by atoms with van der Waals surface area (Å²) in [6, 6.07) is 17.2. The normalized spacial score (nSPS) is 12.8. The van der Waals surface area contributed by atoms with Gasteiger partial charge in [0.1, 0.15) is 11.6 Å². The van der Waals surface area contributed by atoms with Gasteiger partial charge in [-0.25, -0.2) is 8.78 Å². The quantitative estimate of drug-likeness (QED) is 0.498. The van der Waals surface area contributed by atoms with E-state index in [1.165, 1.54) is 30.3 Å². The third-order valence-corrected chi connectivity index (χ3v) is 5.77. The van der Waals surface area contributed by atoms with Crippen molar-refractivity contribution < 1.29 is 18.4 Å². The fourth-order valence-corrected chi connectivity index (χ4v) is 3.92. The Kier molecular flexibility index (Phi) is 6.91. The Morgan fingerprint density at radius 2 is 1.62 bits per heavy atom. The summed E-state index contributed by atoms with van der Waals surface area (Å²) in [6.45, 7) is 0.600. The van der Waals surface area contributed by atoms with Crippen LogP contribution in [0, 0.1) is 17.6 Å². The van der Waals surface area contributed by atoms with Crippen molar-refractivity contribution in [2.75, 3.05) is 24.3 Å². The average molecular weight is 464 g/mol. The molecule has 4 rings (SSSR count). The van der Waals surface area contributed by atoms with Crippen LogP contribution in [0.25, 0.3) is 0 Å². The monoisotopic (exact) mass is 463 g/mol. The number of hydrogen-bond donors (Lipinski definition) is 1. The second kappa shape index (κ2) is 10.0. The highest BCUT2D eigenvalue weighted by Gasteiger charge is 2.33. The van der Waals surface area contributed by atoms with Crippen LogP contribution >= 0.6 is 0 Å². The van der Waals surface area contributed by atoms with E-state index in [9.17, 15) is 18.4 Å². The highest BCUT2D eigenvalue weighted by Crippen LogP contribution is 2.33. The Labute approximate surface area is 198 Å². The number of amides is 2. The number of carbonyl (C=O) groups is 2. The molecule has 0 heterocycles. The molecule has 1 aliphatic rings. The van der Waals surface area contributed by atoms with Gasteiger partial charge in [0.05, 0.1) is 0 Å². The minimum absolute atomic E-state index is 0.00669. The molecule has 0 saturated heterocycles. The maximum Gasteiger partial charge on any atom is 0.255 e. The number of carbonyl (C=O) groups excluding carboxylic acids is 2. The summed E-state index contributed by atoms with van der Waals surface area (Å²) in [7, 11) is 3.81. The summed E-state index contributed by atoms with van der Waals surface area (Å²) < 4.78 is 27.3. The van der Waals surface area contributed by atoms with E-state index >= 15 is 0 Å². The number of halogens is 2. The summed E-state index contributed by atoms with van der Waals surface area (Å²) in [5.41, 5.74) is 3.22. The van der Waals surface area contributed by atoms with Crippen LogP contribution in [0.5, 0.6) is 0 Å². The first-order valence-corrected chi connectivity index (χ1v) is 11.2. The van der Waals surface area contributed by atoms with Crippen LogP contribution in [0.4, 0.5) is 20.2 Å². The first-order chi connectivity index (χ1) is 16.3. The second-order valence-electron chi connectivity index (χ2n) is 8.80. The molecule has 0 radical (unpaired) electrons. The molecule has 0 spiro atoms. The molecule has 0 bridgehead atoms. The minimum Gasteiger partial charge on any atom is -0.377 e. The highest BCUT2D eigenvalue weighted by atomic mass is 19.1. The summed E-state index contributed by atoms with van der Waals surface area (Å²) in [6.07, 6.45) is 1.73. The van der Waals surface area contributed by atoms with E-state index in [1.54, 1.807) is 29.2 Å². The van der Waals surface area contributed by atoms with Crippen LogP contribution < -0.4 is 10.2 Å². The Balaban J connectivity index is 1.60. The number of nitrogens with zero attached hydrogens (tertiary/aromatic N) is 2. The zero-order valence-electron chi connectivity index (χ0n) is 19.2. The molecule has 34 heavy (non-hydrogen) atoms. The lowest BCUT2D eigenvalue weighted by Crippen LogP contribution is -2.32. The second-order valence-corrected chi connectivity index (χ2v) is 8.80. The molecule has 3 aromatic rings. The smallest absolute Gasteiger partial charge is 0.255 e. The Morgan fingerprint density at radius 1 is 0.912 bits per heavy atom. The van der Waals surface area contributed by atoms with Gasteiger partial charge in [-0.15, -0.1) is 0 Å². The van der Waals surface area contributed by atoms with Crippen LogP contribution in [0.2, 0.25) is 0 Å². The van der Waals surface area contributed by atoms with Crippen LogP contribution in [0.1, 0.15) is 34.3 Å². The van der Waals surface area contributed by atoms with Gasteiger partial charge in [-0.1, -0.05) is 18.2 Å². The lowest BCUT2D eigenvalue weighted by molar-refractivity contribution is -0.133. The third-order valence-electron chi connectivity index (χ3n) is 5.77. The molecule has 0 unspecified atom stereocenters. The van der Waals surface area contributed by atoms with E-state index in [2.05, 4.69) is 5.32 Å². The molecule has 1 fully saturated rings. The maximum absolute atomic E-state index is 13.8. The first-order valence-electron chi connectivity index (χ1n) is 11.2. The predicted molar refractivity (Wildman–Crippen MR) is 129 cm³/mol. The number of anilines is 2. The van der Waals surface area contributed by atoms with Crippen molar-refractivity contribution in [2.45, 2.75) is 25.9 Å². The largest absolute Gasteiger partial charge is 0.377 e. The van der Waals surface area contributed by atoms with Crippen molar-refractivity contribution in [3.63, 3.8) is 0 Å². The summed E-state index contributed by atoms with van der Waals surface area (Å²) in [5.74, 6) is -1.20. The van der Waals surface area contributed by atoms with Crippen LogP contribution in [0.15, 0.2) is 66.7 Å². The van der Waals surface area contributed by atoms with Crippen LogP contribution in [-0.4, -0.2) is 30.8 Å². The maximum atomic E-state index is 13.8. The fraction of sp³-hybridized carbons (Fsp3) is 0.259. The number of rotatable bonds is 8. The molecule has 1 saturated carbocycles. The van der Waals surface area contributed by atoms with Crippen molar-refractivity contribution in [1.82, 2.24) is 4.90 Å². The van der Waals surface area contributed by atoms with Crippen molar-refractivity contribution in [2.24, 2.45) is 5.92 Å². The van der Waals surface area contributed by atoms with Gasteiger partial charge in [0.25, 0.3) is 5.91 Å². The van der Waals surface area contributed by atoms with Gasteiger partial charge >= 0.3 is 0 Å². The topological polar surface area (TPSA) is 52.7 Å². The molecule has 0 atom stereocenters. The van der Waals surface area contributed by atoms with Gasteiger partial charge < -0.3 is 15.1 Å². The number of benzene rings is 3. The van der Waals surface area contributed by atoms with E-state index in [-0.39, 0.29) is 23.2 Å². The molecule has 1 aliphatic carbocycles. The molecule has 1 N–H and O–H groups in total. The zero-order valence-corrected chi connectivity index (χ0v) is 19.2. The van der Waals surface area contributed by atoms with Gasteiger partial charge in [-0.3, -0.25) is 9.59 Å². The molecular formula is C27H27F2N3O2. The van der Waals surface area contributed by atoms with Gasteiger partial charge in [-0.2, -0.15) is 0 Å². The lowest BCUT2D eigenvalue weighted by atomic mass is 10.1. The predicted octanol–water partition coefficient (Wildman–Crippen LogP) is 5.22. The van der Waals surface area contributed by atoms with Crippen molar-refractivity contribution in [1.29, 1.82) is 0 Å². The Bertz CT molecular complexity index is 1210. The summed E-state index contributed by atoms with van der Waals surface area (Å²) in [5, 5.41) is 2.81. The zero-order chi connectivity index (χ0) is 24.2. The minimum atomic E-state index is -0.483. The SMILES string of the molecule is CN(C)c1ccc(NC(=O)c2cccc(F)c2)cc1CN(Cc1cccc(F)c1)C(=O)C1CC1.